The summed E-state index contributed by atoms with van der Waals surface area (Å²) in [7, 11) is 1.87. The van der Waals surface area contributed by atoms with E-state index in [0.717, 1.165) is 23.6 Å². The third-order valence-corrected chi connectivity index (χ3v) is 4.04. The molecule has 0 saturated carbocycles. The summed E-state index contributed by atoms with van der Waals surface area (Å²) in [6, 6.07) is 3.91. The summed E-state index contributed by atoms with van der Waals surface area (Å²) in [5.74, 6) is 2.29. The van der Waals surface area contributed by atoms with Crippen molar-refractivity contribution in [3.05, 3.63) is 29.6 Å². The number of aryl methyl sites for hydroxylation is 1. The zero-order chi connectivity index (χ0) is 13.5. The molecule has 0 spiro atoms. The lowest BCUT2D eigenvalue weighted by Crippen LogP contribution is -2.35. The second kappa shape index (κ2) is 7.41. The fourth-order valence-electron chi connectivity index (χ4n) is 1.69. The lowest BCUT2D eigenvalue weighted by Gasteiger charge is -2.25. The summed E-state index contributed by atoms with van der Waals surface area (Å²) in [5.41, 5.74) is 1.50. The fourth-order valence-corrected chi connectivity index (χ4v) is 2.49. The molecule has 0 aromatic carbocycles. The van der Waals surface area contributed by atoms with E-state index in [2.05, 4.69) is 18.8 Å². The van der Waals surface area contributed by atoms with Crippen LogP contribution in [0.2, 0.25) is 0 Å². The monoisotopic (exact) mass is 266 g/mol. The maximum Gasteiger partial charge on any atom is 0.255 e. The van der Waals surface area contributed by atoms with E-state index >= 15 is 0 Å². The van der Waals surface area contributed by atoms with Crippen LogP contribution in [0, 0.1) is 6.92 Å². The van der Waals surface area contributed by atoms with Gasteiger partial charge < -0.3 is 4.90 Å². The van der Waals surface area contributed by atoms with Gasteiger partial charge in [-0.1, -0.05) is 6.92 Å². The Labute approximate surface area is 114 Å². The Hall–Kier alpha value is -1.03. The smallest absolute Gasteiger partial charge is 0.255 e. The lowest BCUT2D eigenvalue weighted by atomic mass is 10.1. The summed E-state index contributed by atoms with van der Waals surface area (Å²) in [6.07, 6.45) is 2.74. The molecule has 1 aromatic rings. The number of carbonyl (C=O) groups is 1. The number of thioether (sulfide) groups is 1. The molecule has 0 radical (unpaired) electrons. The van der Waals surface area contributed by atoms with Crippen LogP contribution in [-0.2, 0) is 0 Å². The van der Waals surface area contributed by atoms with E-state index in [4.69, 9.17) is 0 Å². The fraction of sp³-hybridized carbons (Fsp3) is 0.571. The van der Waals surface area contributed by atoms with Gasteiger partial charge in [0.25, 0.3) is 5.91 Å². The molecule has 4 heteroatoms. The van der Waals surface area contributed by atoms with Crippen LogP contribution in [0.1, 0.15) is 36.3 Å². The molecule has 1 atom stereocenters. The molecular weight excluding hydrogens is 244 g/mol. The van der Waals surface area contributed by atoms with Gasteiger partial charge in [0.15, 0.2) is 0 Å². The topological polar surface area (TPSA) is 33.2 Å². The standard InChI is InChI=1S/C14H22N2OS/c1-5-18-10-8-11(2)16(4)14(17)13-7-6-9-15-12(13)3/h6-7,9,11H,5,8,10H2,1-4H3/t11-/m0/s1. The van der Waals surface area contributed by atoms with Gasteiger partial charge in [0.1, 0.15) is 0 Å². The van der Waals surface area contributed by atoms with E-state index in [-0.39, 0.29) is 11.9 Å². The molecule has 1 rings (SSSR count). The first-order valence-electron chi connectivity index (χ1n) is 6.34. The van der Waals surface area contributed by atoms with Crippen molar-refractivity contribution in [1.29, 1.82) is 0 Å². The molecule has 1 heterocycles. The summed E-state index contributed by atoms with van der Waals surface area (Å²) in [4.78, 5) is 18.3. The second-order valence-corrected chi connectivity index (χ2v) is 5.78. The van der Waals surface area contributed by atoms with Gasteiger partial charge in [-0.15, -0.1) is 0 Å². The van der Waals surface area contributed by atoms with Gasteiger partial charge in [-0.05, 0) is 43.9 Å². The van der Waals surface area contributed by atoms with Crippen LogP contribution in [0.5, 0.6) is 0 Å². The highest BCUT2D eigenvalue weighted by Gasteiger charge is 2.18. The maximum atomic E-state index is 12.3. The van der Waals surface area contributed by atoms with E-state index in [1.807, 2.05) is 42.8 Å². The third-order valence-electron chi connectivity index (χ3n) is 3.10. The van der Waals surface area contributed by atoms with Gasteiger partial charge in [-0.3, -0.25) is 9.78 Å². The van der Waals surface area contributed by atoms with Crippen molar-refractivity contribution in [2.24, 2.45) is 0 Å². The van der Waals surface area contributed by atoms with E-state index < -0.39 is 0 Å². The molecule has 1 amide bonds. The SMILES string of the molecule is CCSCC[C@H](C)N(C)C(=O)c1cccnc1C. The Morgan fingerprint density at radius 1 is 1.56 bits per heavy atom. The molecule has 0 saturated heterocycles. The molecule has 0 aliphatic carbocycles. The van der Waals surface area contributed by atoms with Crippen molar-refractivity contribution in [1.82, 2.24) is 9.88 Å². The molecule has 0 unspecified atom stereocenters. The zero-order valence-electron chi connectivity index (χ0n) is 11.6. The van der Waals surface area contributed by atoms with E-state index in [1.54, 1.807) is 6.20 Å². The highest BCUT2D eigenvalue weighted by molar-refractivity contribution is 7.99. The van der Waals surface area contributed by atoms with Crippen LogP contribution in [0.25, 0.3) is 0 Å². The average Bonchev–Trinajstić information content (AvgIpc) is 2.38. The predicted molar refractivity (Wildman–Crippen MR) is 78.1 cm³/mol. The van der Waals surface area contributed by atoms with Crippen molar-refractivity contribution in [2.75, 3.05) is 18.6 Å². The zero-order valence-corrected chi connectivity index (χ0v) is 12.5. The van der Waals surface area contributed by atoms with Crippen molar-refractivity contribution in [3.63, 3.8) is 0 Å². The molecular formula is C14H22N2OS. The molecule has 18 heavy (non-hydrogen) atoms. The molecule has 0 fully saturated rings. The number of aromatic nitrogens is 1. The lowest BCUT2D eigenvalue weighted by molar-refractivity contribution is 0.0740. The molecule has 0 aliphatic heterocycles. The Balaban J connectivity index is 2.63. The first kappa shape index (κ1) is 15.0. The van der Waals surface area contributed by atoms with Crippen LogP contribution in [0.15, 0.2) is 18.3 Å². The minimum Gasteiger partial charge on any atom is -0.339 e. The molecule has 0 N–H and O–H groups in total. The van der Waals surface area contributed by atoms with Crippen LogP contribution in [-0.4, -0.2) is 40.4 Å². The van der Waals surface area contributed by atoms with Gasteiger partial charge >= 0.3 is 0 Å². The molecule has 0 aliphatic rings. The minimum absolute atomic E-state index is 0.0644. The number of amides is 1. The Morgan fingerprint density at radius 2 is 2.28 bits per heavy atom. The van der Waals surface area contributed by atoms with Crippen LogP contribution in [0.4, 0.5) is 0 Å². The van der Waals surface area contributed by atoms with Crippen LogP contribution in [0.3, 0.4) is 0 Å². The van der Waals surface area contributed by atoms with E-state index in [9.17, 15) is 4.79 Å². The summed E-state index contributed by atoms with van der Waals surface area (Å²) >= 11 is 1.91. The van der Waals surface area contributed by atoms with E-state index in [1.165, 1.54) is 0 Å². The van der Waals surface area contributed by atoms with Crippen LogP contribution >= 0.6 is 11.8 Å². The first-order valence-corrected chi connectivity index (χ1v) is 7.50. The number of rotatable bonds is 6. The normalized spacial score (nSPS) is 12.2. The number of hydrogen-bond acceptors (Lipinski definition) is 3. The largest absolute Gasteiger partial charge is 0.339 e. The third kappa shape index (κ3) is 4.02. The number of carbonyl (C=O) groups excluding carboxylic acids is 1. The highest BCUT2D eigenvalue weighted by Crippen LogP contribution is 2.13. The summed E-state index contributed by atoms with van der Waals surface area (Å²) < 4.78 is 0. The number of pyridine rings is 1. The minimum atomic E-state index is 0.0644. The molecule has 3 nitrogen and oxygen atoms in total. The average molecular weight is 266 g/mol. The molecule has 0 bridgehead atoms. The van der Waals surface area contributed by atoms with Crippen LogP contribution < -0.4 is 0 Å². The number of nitrogens with zero attached hydrogens (tertiary/aromatic N) is 2. The van der Waals surface area contributed by atoms with Crippen molar-refractivity contribution < 1.29 is 4.79 Å². The number of hydrogen-bond donors (Lipinski definition) is 0. The predicted octanol–water partition coefficient (Wildman–Crippen LogP) is 2.99. The Bertz CT molecular complexity index is 395. The van der Waals surface area contributed by atoms with Gasteiger partial charge in [-0.25, -0.2) is 0 Å². The Morgan fingerprint density at radius 3 is 2.89 bits per heavy atom. The summed E-state index contributed by atoms with van der Waals surface area (Å²) in [6.45, 7) is 6.13. The Kier molecular flexibility index (Phi) is 6.19. The van der Waals surface area contributed by atoms with Crippen molar-refractivity contribution >= 4 is 17.7 Å². The maximum absolute atomic E-state index is 12.3. The first-order chi connectivity index (χ1) is 8.57. The second-order valence-electron chi connectivity index (χ2n) is 4.39. The van der Waals surface area contributed by atoms with Gasteiger partial charge in [0.2, 0.25) is 0 Å². The molecule has 100 valence electrons. The van der Waals surface area contributed by atoms with Crippen molar-refractivity contribution in [3.8, 4) is 0 Å². The summed E-state index contributed by atoms with van der Waals surface area (Å²) in [5, 5.41) is 0. The highest BCUT2D eigenvalue weighted by atomic mass is 32.2. The molecule has 1 aromatic heterocycles. The quantitative estimate of drug-likeness (QED) is 0.742. The van der Waals surface area contributed by atoms with Crippen molar-refractivity contribution in [2.45, 2.75) is 33.2 Å². The van der Waals surface area contributed by atoms with Gasteiger partial charge in [-0.2, -0.15) is 11.8 Å². The van der Waals surface area contributed by atoms with Gasteiger partial charge in [0.05, 0.1) is 5.56 Å². The van der Waals surface area contributed by atoms with E-state index in [0.29, 0.717) is 5.56 Å². The van der Waals surface area contributed by atoms with Gasteiger partial charge in [0, 0.05) is 25.0 Å².